The maximum Gasteiger partial charge on any atom is 0.340 e. The zero-order chi connectivity index (χ0) is 17.2. The second-order valence-corrected chi connectivity index (χ2v) is 7.85. The lowest BCUT2D eigenvalue weighted by Crippen LogP contribution is -2.16. The van der Waals surface area contributed by atoms with Crippen molar-refractivity contribution in [3.05, 3.63) is 50.7 Å². The lowest BCUT2D eigenvalue weighted by Gasteiger charge is -2.07. The Balaban J connectivity index is 2.13. The molecule has 2 rings (SSSR count). The molecule has 23 heavy (non-hydrogen) atoms. The molecule has 0 unspecified atom stereocenters. The fraction of sp³-hybridized carbons (Fsp3) is 0.143. The van der Waals surface area contributed by atoms with E-state index in [1.54, 1.807) is 12.1 Å². The number of benzene rings is 1. The van der Waals surface area contributed by atoms with Crippen LogP contribution in [0.3, 0.4) is 0 Å². The van der Waals surface area contributed by atoms with Gasteiger partial charge in [0, 0.05) is 4.88 Å². The van der Waals surface area contributed by atoms with E-state index in [1.807, 2.05) is 6.92 Å². The van der Waals surface area contributed by atoms with Gasteiger partial charge in [-0.05, 0) is 37.3 Å². The molecule has 0 aliphatic carbocycles. The largest absolute Gasteiger partial charge is 0.454 e. The molecule has 0 radical (unpaired) electrons. The van der Waals surface area contributed by atoms with Gasteiger partial charge in [-0.2, -0.15) is 0 Å². The summed E-state index contributed by atoms with van der Waals surface area (Å²) in [4.78, 5) is 25.0. The van der Waals surface area contributed by atoms with Crippen molar-refractivity contribution in [3.8, 4) is 0 Å². The minimum absolute atomic E-state index is 0.00168. The van der Waals surface area contributed by atoms with Gasteiger partial charge in [-0.1, -0.05) is 11.6 Å². The van der Waals surface area contributed by atoms with Crippen molar-refractivity contribution in [2.75, 3.05) is 6.61 Å². The third-order valence-electron chi connectivity index (χ3n) is 2.84. The summed E-state index contributed by atoms with van der Waals surface area (Å²) in [7, 11) is -3.98. The fourth-order valence-corrected chi connectivity index (χ4v) is 3.23. The molecule has 0 amide bonds. The number of nitrogens with two attached hydrogens (primary N) is 1. The number of primary sulfonamides is 1. The van der Waals surface area contributed by atoms with Crippen LogP contribution in [0.25, 0.3) is 0 Å². The number of carbonyl (C=O) groups is 2. The number of ether oxygens (including phenoxy) is 1. The van der Waals surface area contributed by atoms with E-state index in [4.69, 9.17) is 21.5 Å². The van der Waals surface area contributed by atoms with E-state index in [1.165, 1.54) is 23.5 Å². The molecule has 0 aliphatic rings. The molecule has 0 saturated heterocycles. The van der Waals surface area contributed by atoms with Gasteiger partial charge in [-0.25, -0.2) is 18.4 Å². The second kappa shape index (κ2) is 6.79. The molecular weight excluding hydrogens is 362 g/mol. The number of rotatable bonds is 5. The first-order valence-corrected chi connectivity index (χ1v) is 9.01. The number of esters is 1. The number of hydrogen-bond donors (Lipinski definition) is 1. The van der Waals surface area contributed by atoms with Crippen molar-refractivity contribution in [2.45, 2.75) is 11.8 Å². The molecule has 2 N–H and O–H groups in total. The Morgan fingerprint density at radius 3 is 2.52 bits per heavy atom. The monoisotopic (exact) mass is 373 g/mol. The van der Waals surface area contributed by atoms with Crippen LogP contribution in [0.2, 0.25) is 5.02 Å². The van der Waals surface area contributed by atoms with Crippen molar-refractivity contribution >= 4 is 44.7 Å². The summed E-state index contributed by atoms with van der Waals surface area (Å²) in [5.41, 5.74) is -0.173. The Bertz CT molecular complexity index is 873. The molecular formula is C14H12ClNO5S2. The first-order chi connectivity index (χ1) is 10.7. The van der Waals surface area contributed by atoms with Crippen molar-refractivity contribution in [1.82, 2.24) is 0 Å². The highest BCUT2D eigenvalue weighted by molar-refractivity contribution is 7.89. The van der Waals surface area contributed by atoms with E-state index in [2.05, 4.69) is 0 Å². The summed E-state index contributed by atoms with van der Waals surface area (Å²) in [5.74, 6) is -1.25. The van der Waals surface area contributed by atoms with Gasteiger partial charge in [-0.15, -0.1) is 11.3 Å². The molecule has 0 atom stereocenters. The predicted molar refractivity (Wildman–Crippen MR) is 86.5 cm³/mol. The Labute approximate surface area is 141 Å². The van der Waals surface area contributed by atoms with E-state index in [0.717, 1.165) is 10.9 Å². The highest BCUT2D eigenvalue weighted by Gasteiger charge is 2.18. The standard InChI is InChI=1S/C14H12ClNO5S2/c1-8-2-5-13(22-8)12(17)7-21-14(18)10-6-9(23(16,19)20)3-4-11(10)15/h2-6H,7H2,1H3,(H2,16,19,20). The zero-order valence-corrected chi connectivity index (χ0v) is 14.3. The molecule has 122 valence electrons. The van der Waals surface area contributed by atoms with Crippen LogP contribution in [0.4, 0.5) is 0 Å². The third-order valence-corrected chi connectivity index (χ3v) is 5.12. The van der Waals surface area contributed by atoms with E-state index < -0.39 is 22.6 Å². The summed E-state index contributed by atoms with van der Waals surface area (Å²) in [6.07, 6.45) is 0. The molecule has 1 heterocycles. The van der Waals surface area contributed by atoms with Crippen molar-refractivity contribution in [2.24, 2.45) is 5.14 Å². The number of aryl methyl sites for hydroxylation is 1. The van der Waals surface area contributed by atoms with Crippen LogP contribution in [0.5, 0.6) is 0 Å². The summed E-state index contributed by atoms with van der Waals surface area (Å²) in [6.45, 7) is 1.39. The summed E-state index contributed by atoms with van der Waals surface area (Å²) >= 11 is 7.15. The topological polar surface area (TPSA) is 104 Å². The summed E-state index contributed by atoms with van der Waals surface area (Å²) < 4.78 is 27.5. The first kappa shape index (κ1) is 17.6. The molecule has 6 nitrogen and oxygen atoms in total. The van der Waals surface area contributed by atoms with Gasteiger partial charge in [0.2, 0.25) is 15.8 Å². The van der Waals surface area contributed by atoms with Crippen LogP contribution < -0.4 is 5.14 Å². The molecule has 0 saturated carbocycles. The van der Waals surface area contributed by atoms with Crippen LogP contribution in [-0.4, -0.2) is 26.8 Å². The zero-order valence-electron chi connectivity index (χ0n) is 11.9. The van der Waals surface area contributed by atoms with Gasteiger partial charge < -0.3 is 4.74 Å². The summed E-state index contributed by atoms with van der Waals surface area (Å²) in [5, 5.41) is 5.00. The Morgan fingerprint density at radius 1 is 1.26 bits per heavy atom. The molecule has 0 spiro atoms. The number of carbonyl (C=O) groups excluding carboxylic acids is 2. The van der Waals surface area contributed by atoms with Gasteiger partial charge >= 0.3 is 5.97 Å². The minimum Gasteiger partial charge on any atom is -0.454 e. The average Bonchev–Trinajstić information content (AvgIpc) is 2.90. The van der Waals surface area contributed by atoms with E-state index in [-0.39, 0.29) is 21.3 Å². The number of halogens is 1. The molecule has 9 heteroatoms. The Morgan fingerprint density at radius 2 is 1.96 bits per heavy atom. The number of hydrogen-bond acceptors (Lipinski definition) is 6. The normalized spacial score (nSPS) is 11.3. The number of Topliss-reactive ketones (excluding diaryl/α,β-unsaturated/α-hetero) is 1. The number of sulfonamides is 1. The summed E-state index contributed by atoms with van der Waals surface area (Å²) in [6, 6.07) is 6.84. The fourth-order valence-electron chi connectivity index (χ4n) is 1.70. The smallest absolute Gasteiger partial charge is 0.340 e. The molecule has 1 aromatic heterocycles. The maximum atomic E-state index is 12.0. The van der Waals surface area contributed by atoms with Gasteiger partial charge in [0.15, 0.2) is 6.61 Å². The maximum absolute atomic E-state index is 12.0. The van der Waals surface area contributed by atoms with Crippen LogP contribution in [0.1, 0.15) is 24.9 Å². The molecule has 2 aromatic rings. The predicted octanol–water partition coefficient (Wildman–Crippen LogP) is 2.40. The minimum atomic E-state index is -3.98. The number of ketones is 1. The molecule has 0 fully saturated rings. The van der Waals surface area contributed by atoms with Crippen molar-refractivity contribution in [1.29, 1.82) is 0 Å². The molecule has 1 aromatic carbocycles. The van der Waals surface area contributed by atoms with E-state index in [9.17, 15) is 18.0 Å². The molecule has 0 aliphatic heterocycles. The highest BCUT2D eigenvalue weighted by Crippen LogP contribution is 2.21. The lowest BCUT2D eigenvalue weighted by molar-refractivity contribution is 0.0475. The van der Waals surface area contributed by atoms with Gasteiger partial charge in [0.05, 0.1) is 20.4 Å². The average molecular weight is 374 g/mol. The third kappa shape index (κ3) is 4.38. The highest BCUT2D eigenvalue weighted by atomic mass is 35.5. The van der Waals surface area contributed by atoms with Crippen LogP contribution in [0.15, 0.2) is 35.2 Å². The van der Waals surface area contributed by atoms with Crippen LogP contribution >= 0.6 is 22.9 Å². The quantitative estimate of drug-likeness (QED) is 0.640. The first-order valence-electron chi connectivity index (χ1n) is 6.27. The van der Waals surface area contributed by atoms with Gasteiger partial charge in [0.25, 0.3) is 0 Å². The van der Waals surface area contributed by atoms with Crippen molar-refractivity contribution in [3.63, 3.8) is 0 Å². The van der Waals surface area contributed by atoms with Crippen LogP contribution in [-0.2, 0) is 14.8 Å². The van der Waals surface area contributed by atoms with Gasteiger partial charge in [-0.3, -0.25) is 4.79 Å². The van der Waals surface area contributed by atoms with Crippen molar-refractivity contribution < 1.29 is 22.7 Å². The second-order valence-electron chi connectivity index (χ2n) is 4.60. The number of thiophene rings is 1. The van der Waals surface area contributed by atoms with E-state index in [0.29, 0.717) is 4.88 Å². The van der Waals surface area contributed by atoms with E-state index >= 15 is 0 Å². The SMILES string of the molecule is Cc1ccc(C(=O)COC(=O)c2cc(S(N)(=O)=O)ccc2Cl)s1. The Kier molecular flexibility index (Phi) is 5.20. The lowest BCUT2D eigenvalue weighted by atomic mass is 10.2. The molecule has 0 bridgehead atoms. The Hall–Kier alpha value is -1.74. The van der Waals surface area contributed by atoms with Crippen LogP contribution in [0, 0.1) is 6.92 Å². The van der Waals surface area contributed by atoms with Gasteiger partial charge in [0.1, 0.15) is 0 Å².